The van der Waals surface area contributed by atoms with Gasteiger partial charge in [-0.3, -0.25) is 0 Å². The Morgan fingerprint density at radius 3 is 1.15 bits per heavy atom. The Morgan fingerprint density at radius 1 is 0.415 bits per heavy atom. The summed E-state index contributed by atoms with van der Waals surface area (Å²) in [6.45, 7) is 7.11. The third kappa shape index (κ3) is 16.5. The highest BCUT2D eigenvalue weighted by Gasteiger charge is 2.48. The van der Waals surface area contributed by atoms with Crippen LogP contribution in [0.2, 0.25) is 0 Å². The molecular weight excluding hydrogens is 870 g/mol. The zero-order valence-electron chi connectivity index (χ0n) is 34.8. The van der Waals surface area contributed by atoms with Gasteiger partial charge < -0.3 is 33.2 Å². The fourth-order valence-electron chi connectivity index (χ4n) is 5.78. The maximum atomic E-state index is 14.2. The van der Waals surface area contributed by atoms with E-state index >= 15 is 0 Å². The van der Waals surface area contributed by atoms with Gasteiger partial charge in [0.15, 0.2) is 0 Å². The molecule has 0 bridgehead atoms. The van der Waals surface area contributed by atoms with E-state index < -0.39 is 64.8 Å². The van der Waals surface area contributed by atoms with Crippen molar-refractivity contribution in [2.75, 3.05) is 26.4 Å². The third-order valence-corrected chi connectivity index (χ3v) is 9.02. The molecule has 0 aliphatic rings. The number of esters is 5. The fraction of sp³-hybridized carbons (Fsp3) is 0.298. The Kier molecular flexibility index (Phi) is 19.2. The molecule has 12 nitrogen and oxygen atoms in total. The normalized spacial score (nSPS) is 11.2. The predicted molar refractivity (Wildman–Crippen MR) is 221 cm³/mol. The van der Waals surface area contributed by atoms with Gasteiger partial charge in [0.2, 0.25) is 0 Å². The van der Waals surface area contributed by atoms with E-state index in [-0.39, 0.29) is 47.8 Å². The molecule has 18 heteroatoms. The first kappa shape index (κ1) is 50.5. The Bertz CT molecular complexity index is 2250. The third-order valence-electron chi connectivity index (χ3n) is 9.02. The summed E-state index contributed by atoms with van der Waals surface area (Å²) in [6.07, 6.45) is -4.31. The minimum atomic E-state index is -5.63. The zero-order valence-corrected chi connectivity index (χ0v) is 34.8. The molecular formula is C47H44F6O12. The van der Waals surface area contributed by atoms with E-state index in [0.717, 1.165) is 62.1 Å². The van der Waals surface area contributed by atoms with Crippen molar-refractivity contribution < 1.29 is 83.5 Å². The van der Waals surface area contributed by atoms with E-state index in [4.69, 9.17) is 33.2 Å². The standard InChI is InChI=1S/C47H44F6O12/c1-3-39(54)61-29-11-7-5-9-27-59-34-19-13-31(14-20-34)43(56)63-35-21-15-32(16-22-35)44(57)64-36-23-17-33(18-24-36)45(58)65-38-26-25-37(41(46(48,49)50)42(38)47(51,52)53)60-28-10-6-8-12-30-62-40(55)4-2/h3-4,13-26H,1-2,5-12,27-30H2. The van der Waals surface area contributed by atoms with Crippen molar-refractivity contribution in [1.82, 2.24) is 0 Å². The number of hydrogen-bond donors (Lipinski definition) is 0. The van der Waals surface area contributed by atoms with Crippen LogP contribution in [0.25, 0.3) is 0 Å². The summed E-state index contributed by atoms with van der Waals surface area (Å²) in [5, 5.41) is 0. The second kappa shape index (κ2) is 24.7. The van der Waals surface area contributed by atoms with Crippen LogP contribution in [0.4, 0.5) is 26.3 Å². The minimum Gasteiger partial charge on any atom is -0.494 e. The van der Waals surface area contributed by atoms with Gasteiger partial charge >= 0.3 is 42.2 Å². The van der Waals surface area contributed by atoms with Gasteiger partial charge in [-0.15, -0.1) is 0 Å². The number of alkyl halides is 6. The maximum absolute atomic E-state index is 14.2. The summed E-state index contributed by atoms with van der Waals surface area (Å²) in [6, 6.07) is 17.1. The Balaban J connectivity index is 1.28. The smallest absolute Gasteiger partial charge is 0.420 e. The van der Waals surface area contributed by atoms with Crippen LogP contribution in [-0.4, -0.2) is 56.3 Å². The fourth-order valence-corrected chi connectivity index (χ4v) is 5.78. The molecule has 65 heavy (non-hydrogen) atoms. The SMILES string of the molecule is C=CC(=O)OCCCCCCOc1ccc(C(=O)Oc2ccc(C(=O)Oc3ccc(C(=O)Oc4ccc(OCCCCCCOC(=O)C=C)c(C(F)(F)F)c4C(F)(F)F)cc3)cc2)cc1. The van der Waals surface area contributed by atoms with Crippen molar-refractivity contribution in [3.63, 3.8) is 0 Å². The number of carbonyl (C=O) groups is 5. The van der Waals surface area contributed by atoms with Crippen LogP contribution in [-0.2, 0) is 31.4 Å². The molecule has 0 radical (unpaired) electrons. The molecule has 0 saturated carbocycles. The first-order chi connectivity index (χ1) is 31.0. The molecule has 0 aromatic heterocycles. The van der Waals surface area contributed by atoms with E-state index in [1.807, 2.05) is 0 Å². The molecule has 0 aliphatic carbocycles. The zero-order chi connectivity index (χ0) is 47.4. The average Bonchev–Trinajstić information content (AvgIpc) is 3.27. The van der Waals surface area contributed by atoms with Gasteiger partial charge in [-0.1, -0.05) is 13.2 Å². The van der Waals surface area contributed by atoms with Crippen molar-refractivity contribution >= 4 is 29.8 Å². The van der Waals surface area contributed by atoms with E-state index in [0.29, 0.717) is 50.4 Å². The second-order valence-corrected chi connectivity index (χ2v) is 13.8. The summed E-state index contributed by atoms with van der Waals surface area (Å²) < 4.78 is 121. The van der Waals surface area contributed by atoms with Gasteiger partial charge in [0.1, 0.15) is 39.9 Å². The highest BCUT2D eigenvalue weighted by molar-refractivity contribution is 5.94. The van der Waals surface area contributed by atoms with Gasteiger partial charge in [0, 0.05) is 12.2 Å². The van der Waals surface area contributed by atoms with E-state index in [1.54, 1.807) is 12.1 Å². The van der Waals surface area contributed by atoms with Crippen molar-refractivity contribution in [1.29, 1.82) is 0 Å². The van der Waals surface area contributed by atoms with Gasteiger partial charge in [-0.05, 0) is 136 Å². The second-order valence-electron chi connectivity index (χ2n) is 13.8. The molecule has 4 rings (SSSR count). The summed E-state index contributed by atoms with van der Waals surface area (Å²) in [5.41, 5.74) is -4.54. The lowest BCUT2D eigenvalue weighted by Crippen LogP contribution is -2.21. The molecule has 4 aromatic rings. The summed E-state index contributed by atoms with van der Waals surface area (Å²) in [5.74, 6) is -6.00. The van der Waals surface area contributed by atoms with Crippen LogP contribution >= 0.6 is 0 Å². The molecule has 0 aliphatic heterocycles. The molecule has 0 unspecified atom stereocenters. The van der Waals surface area contributed by atoms with Crippen molar-refractivity contribution in [3.05, 3.63) is 138 Å². The highest BCUT2D eigenvalue weighted by atomic mass is 19.4. The Hall–Kier alpha value is -7.11. The van der Waals surface area contributed by atoms with E-state index in [1.165, 1.54) is 36.4 Å². The summed E-state index contributed by atoms with van der Waals surface area (Å²) in [4.78, 5) is 60.5. The molecule has 0 N–H and O–H groups in total. The Morgan fingerprint density at radius 2 is 0.754 bits per heavy atom. The van der Waals surface area contributed by atoms with Crippen LogP contribution < -0.4 is 23.7 Å². The van der Waals surface area contributed by atoms with Gasteiger partial charge in [-0.25, -0.2) is 24.0 Å². The van der Waals surface area contributed by atoms with Crippen LogP contribution in [0.1, 0.15) is 93.6 Å². The average molecular weight is 915 g/mol. The predicted octanol–water partition coefficient (Wildman–Crippen LogP) is 10.7. The van der Waals surface area contributed by atoms with Crippen molar-refractivity contribution in [3.8, 4) is 28.7 Å². The quantitative estimate of drug-likeness (QED) is 0.0216. The first-order valence-corrected chi connectivity index (χ1v) is 20.1. The maximum Gasteiger partial charge on any atom is 0.420 e. The molecule has 0 spiro atoms. The largest absolute Gasteiger partial charge is 0.494 e. The van der Waals surface area contributed by atoms with Gasteiger partial charge in [0.25, 0.3) is 0 Å². The summed E-state index contributed by atoms with van der Waals surface area (Å²) in [7, 11) is 0. The number of ether oxygens (including phenoxy) is 7. The molecule has 0 fully saturated rings. The lowest BCUT2D eigenvalue weighted by Gasteiger charge is -2.22. The van der Waals surface area contributed by atoms with Crippen LogP contribution in [0.3, 0.4) is 0 Å². The molecule has 0 heterocycles. The van der Waals surface area contributed by atoms with Crippen LogP contribution in [0, 0.1) is 0 Å². The number of hydrogen-bond acceptors (Lipinski definition) is 12. The van der Waals surface area contributed by atoms with Gasteiger partial charge in [-0.2, -0.15) is 26.3 Å². The lowest BCUT2D eigenvalue weighted by atomic mass is 10.0. The molecule has 0 saturated heterocycles. The minimum absolute atomic E-state index is 0.0299. The molecule has 4 aromatic carbocycles. The lowest BCUT2D eigenvalue weighted by molar-refractivity contribution is -0.163. The van der Waals surface area contributed by atoms with E-state index in [2.05, 4.69) is 13.2 Å². The van der Waals surface area contributed by atoms with Crippen molar-refractivity contribution in [2.24, 2.45) is 0 Å². The Labute approximate surface area is 369 Å². The molecule has 346 valence electrons. The number of unbranched alkanes of at least 4 members (excludes halogenated alkanes) is 6. The number of rotatable bonds is 24. The topological polar surface area (TPSA) is 150 Å². The first-order valence-electron chi connectivity index (χ1n) is 20.1. The monoisotopic (exact) mass is 914 g/mol. The van der Waals surface area contributed by atoms with Crippen molar-refractivity contribution in [2.45, 2.75) is 63.7 Å². The van der Waals surface area contributed by atoms with Crippen LogP contribution in [0.15, 0.2) is 110 Å². The molecule has 0 amide bonds. The highest BCUT2D eigenvalue weighted by Crippen LogP contribution is 2.49. The number of carbonyl (C=O) groups excluding carboxylic acids is 5. The van der Waals surface area contributed by atoms with E-state index in [9.17, 15) is 50.3 Å². The van der Waals surface area contributed by atoms with Gasteiger partial charge in [0.05, 0.1) is 43.1 Å². The summed E-state index contributed by atoms with van der Waals surface area (Å²) >= 11 is 0. The molecule has 0 atom stereocenters. The number of benzene rings is 4. The number of halogens is 6. The van der Waals surface area contributed by atoms with Crippen LogP contribution in [0.5, 0.6) is 28.7 Å².